The molecule has 0 N–H and O–H groups in total. The first-order chi connectivity index (χ1) is 5.74. The van der Waals surface area contributed by atoms with E-state index in [2.05, 4.69) is 18.2 Å². The van der Waals surface area contributed by atoms with Crippen LogP contribution in [0.15, 0.2) is 12.7 Å². The molecule has 0 heterocycles. The molecule has 0 bridgehead atoms. The van der Waals surface area contributed by atoms with Crippen molar-refractivity contribution in [3.8, 4) is 0 Å². The van der Waals surface area contributed by atoms with Crippen molar-refractivity contribution >= 4 is 5.97 Å². The van der Waals surface area contributed by atoms with Gasteiger partial charge in [0.2, 0.25) is 0 Å². The molecule has 0 spiro atoms. The molecule has 2 heteroatoms. The molecule has 0 aliphatic heterocycles. The Morgan fingerprint density at radius 3 is 2.33 bits per heavy atom. The van der Waals surface area contributed by atoms with E-state index in [9.17, 15) is 4.79 Å². The van der Waals surface area contributed by atoms with E-state index >= 15 is 0 Å². The fourth-order valence-corrected chi connectivity index (χ4v) is 0.898. The quantitative estimate of drug-likeness (QED) is 0.480. The molecule has 1 aliphatic rings. The highest BCUT2D eigenvalue weighted by Crippen LogP contribution is 2.32. The van der Waals surface area contributed by atoms with Gasteiger partial charge >= 0.3 is 5.97 Å². The number of hydrogen-bond acceptors (Lipinski definition) is 2. The highest BCUT2D eigenvalue weighted by atomic mass is 16.5. The SMILES string of the molecule is C=CC(=O)OC.CCCC1CC1. The van der Waals surface area contributed by atoms with E-state index in [1.165, 1.54) is 32.8 Å². The summed E-state index contributed by atoms with van der Waals surface area (Å²) < 4.78 is 4.14. The molecule has 0 amide bonds. The molecule has 1 rings (SSSR count). The fourth-order valence-electron chi connectivity index (χ4n) is 0.898. The van der Waals surface area contributed by atoms with Crippen molar-refractivity contribution in [2.75, 3.05) is 7.11 Å². The van der Waals surface area contributed by atoms with Crippen molar-refractivity contribution in [2.24, 2.45) is 5.92 Å². The molecular formula is C10H18O2. The van der Waals surface area contributed by atoms with Crippen LogP contribution in [0.3, 0.4) is 0 Å². The van der Waals surface area contributed by atoms with Crippen LogP contribution in [-0.2, 0) is 9.53 Å². The average molecular weight is 170 g/mol. The van der Waals surface area contributed by atoms with Gasteiger partial charge < -0.3 is 4.74 Å². The average Bonchev–Trinajstić information content (AvgIpc) is 2.89. The maximum atomic E-state index is 9.84. The third-order valence-corrected chi connectivity index (χ3v) is 1.76. The minimum atomic E-state index is -0.394. The largest absolute Gasteiger partial charge is 0.466 e. The second-order valence-corrected chi connectivity index (χ2v) is 2.96. The van der Waals surface area contributed by atoms with Crippen LogP contribution >= 0.6 is 0 Å². The summed E-state index contributed by atoms with van der Waals surface area (Å²) in [6, 6.07) is 0. The Hall–Kier alpha value is -0.790. The maximum Gasteiger partial charge on any atom is 0.329 e. The first kappa shape index (κ1) is 11.2. The zero-order valence-electron chi connectivity index (χ0n) is 8.01. The Morgan fingerprint density at radius 1 is 1.67 bits per heavy atom. The molecule has 0 aromatic carbocycles. The Labute approximate surface area is 74.6 Å². The molecule has 0 atom stereocenters. The van der Waals surface area contributed by atoms with Gasteiger partial charge in [-0.25, -0.2) is 4.79 Å². The maximum absolute atomic E-state index is 9.84. The molecule has 1 fully saturated rings. The zero-order chi connectivity index (χ0) is 9.40. The van der Waals surface area contributed by atoms with Crippen molar-refractivity contribution in [3.63, 3.8) is 0 Å². The number of ether oxygens (including phenoxy) is 1. The summed E-state index contributed by atoms with van der Waals surface area (Å²) in [4.78, 5) is 9.84. The van der Waals surface area contributed by atoms with Crippen molar-refractivity contribution in [2.45, 2.75) is 32.6 Å². The van der Waals surface area contributed by atoms with E-state index in [0.717, 1.165) is 12.0 Å². The van der Waals surface area contributed by atoms with Gasteiger partial charge in [-0.05, 0) is 5.92 Å². The second-order valence-electron chi connectivity index (χ2n) is 2.96. The molecule has 70 valence electrons. The predicted octanol–water partition coefficient (Wildman–Crippen LogP) is 2.54. The van der Waals surface area contributed by atoms with Crippen LogP contribution in [-0.4, -0.2) is 13.1 Å². The molecule has 0 unspecified atom stereocenters. The van der Waals surface area contributed by atoms with Gasteiger partial charge in [0.05, 0.1) is 7.11 Å². The summed E-state index contributed by atoms with van der Waals surface area (Å²) in [5, 5.41) is 0. The van der Waals surface area contributed by atoms with Crippen LogP contribution in [0.1, 0.15) is 32.6 Å². The molecule has 0 aromatic rings. The van der Waals surface area contributed by atoms with E-state index in [0.29, 0.717) is 0 Å². The molecular weight excluding hydrogens is 152 g/mol. The lowest BCUT2D eigenvalue weighted by molar-refractivity contribution is -0.134. The van der Waals surface area contributed by atoms with Crippen molar-refractivity contribution < 1.29 is 9.53 Å². The van der Waals surface area contributed by atoms with Gasteiger partial charge in [0.1, 0.15) is 0 Å². The molecule has 1 aliphatic carbocycles. The van der Waals surface area contributed by atoms with Crippen molar-refractivity contribution in [1.82, 2.24) is 0 Å². The van der Waals surface area contributed by atoms with Crippen LogP contribution in [0.5, 0.6) is 0 Å². The van der Waals surface area contributed by atoms with E-state index in [4.69, 9.17) is 0 Å². The molecule has 1 saturated carbocycles. The number of methoxy groups -OCH3 is 1. The third kappa shape index (κ3) is 7.32. The topological polar surface area (TPSA) is 26.3 Å². The van der Waals surface area contributed by atoms with E-state index in [1.807, 2.05) is 0 Å². The molecule has 2 nitrogen and oxygen atoms in total. The summed E-state index contributed by atoms with van der Waals surface area (Å²) in [7, 11) is 1.31. The van der Waals surface area contributed by atoms with Gasteiger partial charge in [0.15, 0.2) is 0 Å². The third-order valence-electron chi connectivity index (χ3n) is 1.76. The first-order valence-electron chi connectivity index (χ1n) is 4.45. The van der Waals surface area contributed by atoms with Gasteiger partial charge in [0.25, 0.3) is 0 Å². The minimum absolute atomic E-state index is 0.394. The summed E-state index contributed by atoms with van der Waals surface area (Å²) in [5.41, 5.74) is 0. The molecule has 12 heavy (non-hydrogen) atoms. The zero-order valence-corrected chi connectivity index (χ0v) is 8.01. The minimum Gasteiger partial charge on any atom is -0.466 e. The number of carbonyl (C=O) groups is 1. The van der Waals surface area contributed by atoms with Gasteiger partial charge in [0, 0.05) is 6.08 Å². The Bertz CT molecular complexity index is 137. The molecule has 0 saturated heterocycles. The standard InChI is InChI=1S/C6H12.C4H6O2/c1-2-3-6-4-5-6;1-3-4(5)6-2/h6H,2-5H2,1H3;3H,1H2,2H3. The highest BCUT2D eigenvalue weighted by Gasteiger charge is 2.18. The Kier molecular flexibility index (Phi) is 6.44. The normalized spacial score (nSPS) is 14.2. The first-order valence-corrected chi connectivity index (χ1v) is 4.45. The number of hydrogen-bond donors (Lipinski definition) is 0. The Morgan fingerprint density at radius 2 is 2.25 bits per heavy atom. The lowest BCUT2D eigenvalue weighted by atomic mass is 10.2. The van der Waals surface area contributed by atoms with Crippen LogP contribution in [0.25, 0.3) is 0 Å². The van der Waals surface area contributed by atoms with E-state index in [1.54, 1.807) is 0 Å². The van der Waals surface area contributed by atoms with Gasteiger partial charge in [-0.1, -0.05) is 39.2 Å². The summed E-state index contributed by atoms with van der Waals surface area (Å²) in [6.07, 6.45) is 7.03. The van der Waals surface area contributed by atoms with E-state index in [-0.39, 0.29) is 0 Å². The summed E-state index contributed by atoms with van der Waals surface area (Å²) in [6.45, 7) is 5.42. The summed E-state index contributed by atoms with van der Waals surface area (Å²) >= 11 is 0. The van der Waals surface area contributed by atoms with Crippen molar-refractivity contribution in [3.05, 3.63) is 12.7 Å². The van der Waals surface area contributed by atoms with Crippen LogP contribution in [0, 0.1) is 5.92 Å². The lowest BCUT2D eigenvalue weighted by Crippen LogP contribution is -1.91. The fraction of sp³-hybridized carbons (Fsp3) is 0.700. The van der Waals surface area contributed by atoms with Crippen molar-refractivity contribution in [1.29, 1.82) is 0 Å². The molecule has 0 aromatic heterocycles. The second kappa shape index (κ2) is 6.89. The molecule has 0 radical (unpaired) electrons. The van der Waals surface area contributed by atoms with Gasteiger partial charge in [-0.3, -0.25) is 0 Å². The predicted molar refractivity (Wildman–Crippen MR) is 49.8 cm³/mol. The number of rotatable bonds is 3. The number of esters is 1. The van der Waals surface area contributed by atoms with Crippen LogP contribution in [0.2, 0.25) is 0 Å². The van der Waals surface area contributed by atoms with Gasteiger partial charge in [-0.2, -0.15) is 0 Å². The highest BCUT2D eigenvalue weighted by molar-refractivity contribution is 5.80. The van der Waals surface area contributed by atoms with Gasteiger partial charge in [-0.15, -0.1) is 0 Å². The Balaban J connectivity index is 0.000000202. The van der Waals surface area contributed by atoms with Crippen LogP contribution in [0.4, 0.5) is 0 Å². The lowest BCUT2D eigenvalue weighted by Gasteiger charge is -1.83. The monoisotopic (exact) mass is 170 g/mol. The summed E-state index contributed by atoms with van der Waals surface area (Å²) in [5.74, 6) is 0.755. The van der Waals surface area contributed by atoms with E-state index < -0.39 is 5.97 Å². The smallest absolute Gasteiger partial charge is 0.329 e. The number of carbonyl (C=O) groups excluding carboxylic acids is 1. The van der Waals surface area contributed by atoms with Crippen LogP contribution < -0.4 is 0 Å².